The van der Waals surface area contributed by atoms with Crippen molar-refractivity contribution < 1.29 is 4.74 Å². The molecule has 98 valence electrons. The summed E-state index contributed by atoms with van der Waals surface area (Å²) in [5.41, 5.74) is 9.58. The summed E-state index contributed by atoms with van der Waals surface area (Å²) in [6.45, 7) is 2.35. The van der Waals surface area contributed by atoms with Crippen molar-refractivity contribution in [2.75, 3.05) is 7.11 Å². The van der Waals surface area contributed by atoms with E-state index in [1.165, 1.54) is 36.8 Å². The van der Waals surface area contributed by atoms with Crippen LogP contribution in [0.4, 0.5) is 0 Å². The van der Waals surface area contributed by atoms with Gasteiger partial charge in [0.05, 0.1) is 7.11 Å². The second kappa shape index (κ2) is 4.27. The van der Waals surface area contributed by atoms with Crippen molar-refractivity contribution in [2.45, 2.75) is 50.5 Å². The summed E-state index contributed by atoms with van der Waals surface area (Å²) in [4.78, 5) is 0. The highest BCUT2D eigenvalue weighted by Gasteiger charge is 2.45. The van der Waals surface area contributed by atoms with E-state index in [0.29, 0.717) is 12.0 Å². The van der Waals surface area contributed by atoms with Gasteiger partial charge in [0.2, 0.25) is 0 Å². The van der Waals surface area contributed by atoms with Gasteiger partial charge in [-0.3, -0.25) is 0 Å². The Hall–Kier alpha value is -1.02. The fraction of sp³-hybridized carbons (Fsp3) is 0.625. The summed E-state index contributed by atoms with van der Waals surface area (Å²) in [6, 6.07) is 6.77. The van der Waals surface area contributed by atoms with Gasteiger partial charge in [-0.1, -0.05) is 31.9 Å². The smallest absolute Gasteiger partial charge is 0.122 e. The quantitative estimate of drug-likeness (QED) is 0.825. The number of benzene rings is 1. The average Bonchev–Trinajstić information content (AvgIpc) is 2.48. The van der Waals surface area contributed by atoms with Gasteiger partial charge >= 0.3 is 0 Å². The molecular formula is C16H23NO. The maximum atomic E-state index is 6.58. The van der Waals surface area contributed by atoms with E-state index in [1.54, 1.807) is 7.11 Å². The summed E-state index contributed by atoms with van der Waals surface area (Å²) in [5.74, 6) is 1.68. The standard InChI is InChI=1S/C16H23NO/c1-16-9-4-3-6-11(15(16)17)10-12-13(16)7-5-8-14(12)18-2/h5,7-8,11,15H,3-4,6,9-10,17H2,1-2H3/t11?,15?,16-/m1/s1. The Bertz CT molecular complexity index is 456. The van der Waals surface area contributed by atoms with Gasteiger partial charge < -0.3 is 10.5 Å². The zero-order valence-electron chi connectivity index (χ0n) is 11.4. The third kappa shape index (κ3) is 1.58. The average molecular weight is 245 g/mol. The summed E-state index contributed by atoms with van der Waals surface area (Å²) in [6.07, 6.45) is 6.21. The molecule has 0 amide bonds. The molecule has 0 saturated heterocycles. The third-order valence-electron chi connectivity index (χ3n) is 5.20. The first-order valence-electron chi connectivity index (χ1n) is 7.09. The molecule has 2 aliphatic carbocycles. The van der Waals surface area contributed by atoms with E-state index in [0.717, 1.165) is 12.2 Å². The van der Waals surface area contributed by atoms with Gasteiger partial charge in [0, 0.05) is 11.5 Å². The minimum absolute atomic E-state index is 0.142. The van der Waals surface area contributed by atoms with Crippen molar-refractivity contribution in [2.24, 2.45) is 11.7 Å². The molecule has 2 unspecified atom stereocenters. The van der Waals surface area contributed by atoms with E-state index < -0.39 is 0 Å². The molecule has 3 rings (SSSR count). The Labute approximate surface area is 110 Å². The molecule has 2 heteroatoms. The first-order chi connectivity index (χ1) is 8.66. The molecule has 1 saturated carbocycles. The number of ether oxygens (including phenoxy) is 1. The number of fused-ring (bicyclic) bond motifs is 4. The van der Waals surface area contributed by atoms with Gasteiger partial charge in [-0.25, -0.2) is 0 Å². The van der Waals surface area contributed by atoms with E-state index in [-0.39, 0.29) is 5.41 Å². The molecule has 0 aromatic heterocycles. The minimum Gasteiger partial charge on any atom is -0.496 e. The zero-order chi connectivity index (χ0) is 12.8. The number of nitrogens with two attached hydrogens (primary N) is 1. The lowest BCUT2D eigenvalue weighted by Crippen LogP contribution is -2.51. The van der Waals surface area contributed by atoms with Crippen molar-refractivity contribution >= 4 is 0 Å². The lowest BCUT2D eigenvalue weighted by molar-refractivity contribution is 0.250. The van der Waals surface area contributed by atoms with Crippen LogP contribution >= 0.6 is 0 Å². The zero-order valence-corrected chi connectivity index (χ0v) is 11.4. The van der Waals surface area contributed by atoms with Gasteiger partial charge in [0.25, 0.3) is 0 Å². The van der Waals surface area contributed by atoms with Crippen molar-refractivity contribution in [1.29, 1.82) is 0 Å². The van der Waals surface area contributed by atoms with Crippen LogP contribution < -0.4 is 10.5 Å². The third-order valence-corrected chi connectivity index (χ3v) is 5.20. The molecule has 0 heterocycles. The van der Waals surface area contributed by atoms with Gasteiger partial charge in [-0.2, -0.15) is 0 Å². The predicted octanol–water partition coefficient (Wildman–Crippen LogP) is 3.03. The highest BCUT2D eigenvalue weighted by molar-refractivity contribution is 5.47. The van der Waals surface area contributed by atoms with Crippen LogP contribution in [-0.4, -0.2) is 13.2 Å². The van der Waals surface area contributed by atoms with Crippen LogP contribution in [0.2, 0.25) is 0 Å². The van der Waals surface area contributed by atoms with E-state index in [9.17, 15) is 0 Å². The Balaban J connectivity index is 2.17. The molecule has 2 bridgehead atoms. The largest absolute Gasteiger partial charge is 0.496 e. The number of methoxy groups -OCH3 is 1. The molecule has 3 atom stereocenters. The SMILES string of the molecule is COc1cccc2c1CC1CCCC[C@@]2(C)C1N. The fourth-order valence-corrected chi connectivity index (χ4v) is 4.07. The first-order valence-corrected chi connectivity index (χ1v) is 7.09. The van der Waals surface area contributed by atoms with Crippen LogP contribution in [0.3, 0.4) is 0 Å². The second-order valence-corrected chi connectivity index (χ2v) is 6.14. The Morgan fingerprint density at radius 2 is 2.17 bits per heavy atom. The fourth-order valence-electron chi connectivity index (χ4n) is 4.07. The number of hydrogen-bond acceptors (Lipinski definition) is 2. The molecule has 1 aromatic rings. The molecule has 0 spiro atoms. The summed E-state index contributed by atoms with van der Waals surface area (Å²) >= 11 is 0. The number of rotatable bonds is 1. The van der Waals surface area contributed by atoms with Crippen LogP contribution in [0, 0.1) is 5.92 Å². The van der Waals surface area contributed by atoms with Crippen LogP contribution in [0.5, 0.6) is 5.75 Å². The lowest BCUT2D eigenvalue weighted by Gasteiger charge is -2.44. The molecule has 0 radical (unpaired) electrons. The molecule has 18 heavy (non-hydrogen) atoms. The second-order valence-electron chi connectivity index (χ2n) is 6.14. The van der Waals surface area contributed by atoms with Crippen molar-refractivity contribution in [3.63, 3.8) is 0 Å². The Morgan fingerprint density at radius 1 is 1.33 bits per heavy atom. The molecule has 2 aliphatic rings. The molecule has 1 aromatic carbocycles. The van der Waals surface area contributed by atoms with Crippen molar-refractivity contribution in [1.82, 2.24) is 0 Å². The monoisotopic (exact) mass is 245 g/mol. The van der Waals surface area contributed by atoms with Crippen molar-refractivity contribution in [3.05, 3.63) is 29.3 Å². The molecule has 1 fully saturated rings. The Kier molecular flexibility index (Phi) is 2.86. The van der Waals surface area contributed by atoms with Gasteiger partial charge in [0.15, 0.2) is 0 Å². The summed E-state index contributed by atoms with van der Waals surface area (Å²) < 4.78 is 5.56. The van der Waals surface area contributed by atoms with Gasteiger partial charge in [-0.05, 0) is 42.4 Å². The highest BCUT2D eigenvalue weighted by atomic mass is 16.5. The van der Waals surface area contributed by atoms with E-state index in [2.05, 4.69) is 25.1 Å². The molecule has 2 N–H and O–H groups in total. The van der Waals surface area contributed by atoms with Gasteiger partial charge in [0.1, 0.15) is 5.75 Å². The predicted molar refractivity (Wildman–Crippen MR) is 74.0 cm³/mol. The van der Waals surface area contributed by atoms with Crippen LogP contribution in [-0.2, 0) is 11.8 Å². The topological polar surface area (TPSA) is 35.2 Å². The number of hydrogen-bond donors (Lipinski definition) is 1. The summed E-state index contributed by atoms with van der Waals surface area (Å²) in [5, 5.41) is 0. The summed E-state index contributed by atoms with van der Waals surface area (Å²) in [7, 11) is 1.77. The Morgan fingerprint density at radius 3 is 2.94 bits per heavy atom. The molecular weight excluding hydrogens is 222 g/mol. The van der Waals surface area contributed by atoms with Crippen molar-refractivity contribution in [3.8, 4) is 5.75 Å². The minimum atomic E-state index is 0.142. The van der Waals surface area contributed by atoms with Gasteiger partial charge in [-0.15, -0.1) is 0 Å². The van der Waals surface area contributed by atoms with Crippen LogP contribution in [0.1, 0.15) is 43.7 Å². The highest BCUT2D eigenvalue weighted by Crippen LogP contribution is 2.48. The van der Waals surface area contributed by atoms with E-state index in [1.807, 2.05) is 0 Å². The molecule has 2 nitrogen and oxygen atoms in total. The van der Waals surface area contributed by atoms with E-state index in [4.69, 9.17) is 10.5 Å². The maximum absolute atomic E-state index is 6.58. The normalized spacial score (nSPS) is 34.6. The molecule has 0 aliphatic heterocycles. The maximum Gasteiger partial charge on any atom is 0.122 e. The lowest BCUT2D eigenvalue weighted by atomic mass is 9.63. The van der Waals surface area contributed by atoms with Crippen LogP contribution in [0.25, 0.3) is 0 Å². The van der Waals surface area contributed by atoms with E-state index >= 15 is 0 Å². The van der Waals surface area contributed by atoms with Crippen LogP contribution in [0.15, 0.2) is 18.2 Å². The first kappa shape index (κ1) is 12.0.